The first-order valence-electron chi connectivity index (χ1n) is 9.49. The molecule has 0 aliphatic heterocycles. The van der Waals surface area contributed by atoms with Crippen molar-refractivity contribution in [2.75, 3.05) is 19.5 Å². The number of hydrogen-bond acceptors (Lipinski definition) is 5. The predicted molar refractivity (Wildman–Crippen MR) is 121 cm³/mol. The number of carbonyl (C=O) groups is 2. The van der Waals surface area contributed by atoms with Crippen molar-refractivity contribution in [3.8, 4) is 22.6 Å². The summed E-state index contributed by atoms with van der Waals surface area (Å²) in [5.41, 5.74) is 3.60. The molecule has 4 rings (SSSR count). The third kappa shape index (κ3) is 4.22. The molecule has 0 fully saturated rings. The summed E-state index contributed by atoms with van der Waals surface area (Å²) in [7, 11) is 2.95. The van der Waals surface area contributed by atoms with Gasteiger partial charge in [-0.1, -0.05) is 18.2 Å². The standard InChI is InChI=1S/C24H20N2O4S/c1-29-19-10-8-16(9-11-19)20-15-31-22(21(20)26-12-3-4-13-26)23(27)25-18-7-5-6-17(14-18)24(28)30-2/h3-15H,1-2H3,(H,25,27). The first-order valence-corrected chi connectivity index (χ1v) is 10.4. The zero-order valence-corrected chi connectivity index (χ0v) is 17.8. The van der Waals surface area contributed by atoms with Gasteiger partial charge in [0.1, 0.15) is 10.6 Å². The molecule has 0 bridgehead atoms. The number of aromatic nitrogens is 1. The van der Waals surface area contributed by atoms with E-state index in [0.29, 0.717) is 16.1 Å². The van der Waals surface area contributed by atoms with Gasteiger partial charge < -0.3 is 19.4 Å². The van der Waals surface area contributed by atoms with E-state index in [4.69, 9.17) is 9.47 Å². The molecule has 156 valence electrons. The second-order valence-electron chi connectivity index (χ2n) is 6.67. The average Bonchev–Trinajstić information content (AvgIpc) is 3.48. The molecule has 0 saturated carbocycles. The number of nitrogens with zero attached hydrogens (tertiary/aromatic N) is 1. The highest BCUT2D eigenvalue weighted by Gasteiger charge is 2.21. The van der Waals surface area contributed by atoms with Gasteiger partial charge in [0.05, 0.1) is 25.5 Å². The molecular weight excluding hydrogens is 412 g/mol. The second kappa shape index (κ2) is 8.89. The third-order valence-electron chi connectivity index (χ3n) is 4.78. The third-order valence-corrected chi connectivity index (χ3v) is 5.74. The molecule has 2 heterocycles. The number of amides is 1. The van der Waals surface area contributed by atoms with Gasteiger partial charge in [-0.15, -0.1) is 11.3 Å². The summed E-state index contributed by atoms with van der Waals surface area (Å²) in [5.74, 6) is 0.0578. The molecule has 2 aromatic carbocycles. The topological polar surface area (TPSA) is 69.6 Å². The van der Waals surface area contributed by atoms with Crippen molar-refractivity contribution < 1.29 is 19.1 Å². The average molecular weight is 433 g/mol. The lowest BCUT2D eigenvalue weighted by molar-refractivity contribution is 0.0600. The lowest BCUT2D eigenvalue weighted by atomic mass is 10.1. The molecule has 6 nitrogen and oxygen atoms in total. The van der Waals surface area contributed by atoms with Crippen LogP contribution in [0.4, 0.5) is 5.69 Å². The zero-order chi connectivity index (χ0) is 21.8. The number of rotatable bonds is 6. The van der Waals surface area contributed by atoms with Crippen LogP contribution in [0.1, 0.15) is 20.0 Å². The van der Waals surface area contributed by atoms with E-state index in [1.165, 1.54) is 18.4 Å². The Hall–Kier alpha value is -3.84. The highest BCUT2D eigenvalue weighted by Crippen LogP contribution is 2.36. The van der Waals surface area contributed by atoms with Crippen LogP contribution in [-0.2, 0) is 4.74 Å². The summed E-state index contributed by atoms with van der Waals surface area (Å²) in [6.45, 7) is 0. The van der Waals surface area contributed by atoms with E-state index in [9.17, 15) is 9.59 Å². The first-order chi connectivity index (χ1) is 15.1. The number of hydrogen-bond donors (Lipinski definition) is 1. The Labute approximate surface area is 183 Å². The number of nitrogens with one attached hydrogen (secondary N) is 1. The molecule has 31 heavy (non-hydrogen) atoms. The van der Waals surface area contributed by atoms with Gasteiger partial charge >= 0.3 is 5.97 Å². The van der Waals surface area contributed by atoms with Gasteiger partial charge in [0.2, 0.25) is 0 Å². The van der Waals surface area contributed by atoms with Crippen LogP contribution in [0, 0.1) is 0 Å². The van der Waals surface area contributed by atoms with Crippen molar-refractivity contribution >= 4 is 28.9 Å². The molecule has 0 spiro atoms. The second-order valence-corrected chi connectivity index (χ2v) is 7.55. The molecule has 0 radical (unpaired) electrons. The molecular formula is C24H20N2O4S. The Bertz CT molecular complexity index is 1210. The number of benzene rings is 2. The van der Waals surface area contributed by atoms with Crippen LogP contribution in [0.3, 0.4) is 0 Å². The maximum Gasteiger partial charge on any atom is 0.337 e. The highest BCUT2D eigenvalue weighted by molar-refractivity contribution is 7.13. The van der Waals surface area contributed by atoms with Gasteiger partial charge in [0, 0.05) is 29.0 Å². The number of esters is 1. The van der Waals surface area contributed by atoms with E-state index in [0.717, 1.165) is 22.6 Å². The van der Waals surface area contributed by atoms with Gasteiger partial charge in [0.15, 0.2) is 0 Å². The highest BCUT2D eigenvalue weighted by atomic mass is 32.1. The fourth-order valence-corrected chi connectivity index (χ4v) is 4.23. The fourth-order valence-electron chi connectivity index (χ4n) is 3.26. The summed E-state index contributed by atoms with van der Waals surface area (Å²) in [6.07, 6.45) is 3.81. The van der Waals surface area contributed by atoms with Crippen LogP contribution >= 0.6 is 11.3 Å². The normalized spacial score (nSPS) is 10.5. The van der Waals surface area contributed by atoms with Crippen molar-refractivity contribution in [3.05, 3.63) is 88.9 Å². The summed E-state index contributed by atoms with van der Waals surface area (Å²) >= 11 is 1.37. The summed E-state index contributed by atoms with van der Waals surface area (Å²) in [5, 5.41) is 4.86. The van der Waals surface area contributed by atoms with Crippen molar-refractivity contribution in [1.82, 2.24) is 4.57 Å². The SMILES string of the molecule is COC(=O)c1cccc(NC(=O)c2scc(-c3ccc(OC)cc3)c2-n2cccc2)c1. The van der Waals surface area contributed by atoms with Gasteiger partial charge in [-0.05, 0) is 48.0 Å². The Morgan fingerprint density at radius 2 is 1.71 bits per heavy atom. The summed E-state index contributed by atoms with van der Waals surface area (Å²) in [4.78, 5) is 25.5. The Morgan fingerprint density at radius 1 is 0.968 bits per heavy atom. The largest absolute Gasteiger partial charge is 0.497 e. The van der Waals surface area contributed by atoms with Crippen molar-refractivity contribution in [1.29, 1.82) is 0 Å². The monoisotopic (exact) mass is 432 g/mol. The first kappa shape index (κ1) is 20.4. The van der Waals surface area contributed by atoms with Crippen LogP contribution in [0.25, 0.3) is 16.8 Å². The fraction of sp³-hybridized carbons (Fsp3) is 0.0833. The maximum atomic E-state index is 13.2. The van der Waals surface area contributed by atoms with E-state index in [-0.39, 0.29) is 5.91 Å². The maximum absolute atomic E-state index is 13.2. The van der Waals surface area contributed by atoms with Crippen molar-refractivity contribution in [2.24, 2.45) is 0 Å². The molecule has 0 aliphatic rings. The minimum atomic E-state index is -0.456. The van der Waals surface area contributed by atoms with Gasteiger partial charge in [-0.3, -0.25) is 4.79 Å². The van der Waals surface area contributed by atoms with E-state index in [1.54, 1.807) is 31.4 Å². The zero-order valence-electron chi connectivity index (χ0n) is 17.0. The Balaban J connectivity index is 1.70. The van der Waals surface area contributed by atoms with E-state index >= 15 is 0 Å². The van der Waals surface area contributed by atoms with Crippen LogP contribution in [0.5, 0.6) is 5.75 Å². The predicted octanol–water partition coefficient (Wildman–Crippen LogP) is 5.25. The Morgan fingerprint density at radius 3 is 2.39 bits per heavy atom. The van der Waals surface area contributed by atoms with Crippen molar-refractivity contribution in [2.45, 2.75) is 0 Å². The number of anilines is 1. The van der Waals surface area contributed by atoms with Gasteiger partial charge in [-0.2, -0.15) is 0 Å². The van der Waals surface area contributed by atoms with Gasteiger partial charge in [0.25, 0.3) is 5.91 Å². The molecule has 1 amide bonds. The van der Waals surface area contributed by atoms with E-state index in [2.05, 4.69) is 5.32 Å². The Kier molecular flexibility index (Phi) is 5.86. The summed E-state index contributed by atoms with van der Waals surface area (Å²) in [6, 6.07) is 18.2. The molecule has 0 saturated heterocycles. The molecule has 0 atom stereocenters. The molecule has 1 N–H and O–H groups in total. The molecule has 2 aromatic heterocycles. The number of carbonyl (C=O) groups excluding carboxylic acids is 2. The van der Waals surface area contributed by atoms with E-state index < -0.39 is 5.97 Å². The molecule has 0 aliphatic carbocycles. The number of thiophene rings is 1. The molecule has 4 aromatic rings. The number of ether oxygens (including phenoxy) is 2. The minimum Gasteiger partial charge on any atom is -0.497 e. The van der Waals surface area contributed by atoms with Gasteiger partial charge in [-0.25, -0.2) is 4.79 Å². The van der Waals surface area contributed by atoms with Crippen LogP contribution < -0.4 is 10.1 Å². The van der Waals surface area contributed by atoms with Crippen LogP contribution in [0.2, 0.25) is 0 Å². The number of methoxy groups -OCH3 is 2. The minimum absolute atomic E-state index is 0.254. The van der Waals surface area contributed by atoms with Crippen molar-refractivity contribution in [3.63, 3.8) is 0 Å². The van der Waals surface area contributed by atoms with Crippen LogP contribution in [0.15, 0.2) is 78.4 Å². The molecule has 0 unspecified atom stereocenters. The quantitative estimate of drug-likeness (QED) is 0.422. The molecule has 7 heteroatoms. The summed E-state index contributed by atoms with van der Waals surface area (Å²) < 4.78 is 11.9. The lowest BCUT2D eigenvalue weighted by Crippen LogP contribution is -2.13. The van der Waals surface area contributed by atoms with E-state index in [1.807, 2.05) is 58.7 Å². The smallest absolute Gasteiger partial charge is 0.337 e. The lowest BCUT2D eigenvalue weighted by Gasteiger charge is -2.11. The van der Waals surface area contributed by atoms with Crippen LogP contribution in [-0.4, -0.2) is 30.7 Å².